The van der Waals surface area contributed by atoms with E-state index in [1.165, 1.54) is 19.3 Å². The molecule has 1 fully saturated rings. The summed E-state index contributed by atoms with van der Waals surface area (Å²) in [6.45, 7) is 8.16. The van der Waals surface area contributed by atoms with Gasteiger partial charge in [0.15, 0.2) is 0 Å². The van der Waals surface area contributed by atoms with Crippen LogP contribution in [0.25, 0.3) is 0 Å². The Labute approximate surface area is 179 Å². The van der Waals surface area contributed by atoms with Gasteiger partial charge in [-0.3, -0.25) is 0 Å². The largest absolute Gasteiger partial charge is 0.496 e. The molecule has 9 heteroatoms. The summed E-state index contributed by atoms with van der Waals surface area (Å²) in [4.78, 5) is 11.6. The van der Waals surface area contributed by atoms with Crippen LogP contribution in [-0.4, -0.2) is 51.7 Å². The van der Waals surface area contributed by atoms with Crippen molar-refractivity contribution >= 4 is 21.8 Å². The number of nitrogens with one attached hydrogen (secondary N) is 2. The number of ether oxygens (including phenoxy) is 1. The molecule has 0 aliphatic carbocycles. The van der Waals surface area contributed by atoms with E-state index in [-0.39, 0.29) is 11.4 Å². The van der Waals surface area contributed by atoms with Crippen LogP contribution >= 0.6 is 0 Å². The summed E-state index contributed by atoms with van der Waals surface area (Å²) < 4.78 is 33.3. The van der Waals surface area contributed by atoms with Gasteiger partial charge in [0, 0.05) is 37.9 Å². The van der Waals surface area contributed by atoms with Crippen LogP contribution in [0.1, 0.15) is 36.1 Å². The smallest absolute Gasteiger partial charge is 0.240 e. The first-order chi connectivity index (χ1) is 14.3. The zero-order valence-corrected chi connectivity index (χ0v) is 19.0. The van der Waals surface area contributed by atoms with Gasteiger partial charge < -0.3 is 15.0 Å². The molecule has 0 unspecified atom stereocenters. The van der Waals surface area contributed by atoms with Gasteiger partial charge in [0.25, 0.3) is 0 Å². The highest BCUT2D eigenvalue weighted by Crippen LogP contribution is 2.25. The van der Waals surface area contributed by atoms with E-state index in [0.29, 0.717) is 23.8 Å². The highest BCUT2D eigenvalue weighted by atomic mass is 32.2. The number of methoxy groups -OCH3 is 1. The molecule has 1 aromatic heterocycles. The second-order valence-corrected chi connectivity index (χ2v) is 9.39. The van der Waals surface area contributed by atoms with Crippen LogP contribution in [0.5, 0.6) is 5.75 Å². The van der Waals surface area contributed by atoms with Crippen LogP contribution in [0.4, 0.5) is 11.8 Å². The Morgan fingerprint density at radius 3 is 2.43 bits per heavy atom. The van der Waals surface area contributed by atoms with Crippen molar-refractivity contribution in [2.75, 3.05) is 43.5 Å². The number of hydrogen-bond acceptors (Lipinski definition) is 7. The third kappa shape index (κ3) is 5.40. The second kappa shape index (κ2) is 9.61. The van der Waals surface area contributed by atoms with Gasteiger partial charge in [0.1, 0.15) is 11.6 Å². The molecule has 2 heterocycles. The van der Waals surface area contributed by atoms with Crippen molar-refractivity contribution in [1.82, 2.24) is 14.7 Å². The second-order valence-electron chi connectivity index (χ2n) is 7.65. The van der Waals surface area contributed by atoms with Crippen LogP contribution in [0.2, 0.25) is 0 Å². The maximum absolute atomic E-state index is 12.7. The first kappa shape index (κ1) is 22.3. The van der Waals surface area contributed by atoms with Gasteiger partial charge in [-0.25, -0.2) is 18.1 Å². The lowest BCUT2D eigenvalue weighted by Crippen LogP contribution is -2.31. The average molecular weight is 434 g/mol. The molecule has 1 aromatic carbocycles. The van der Waals surface area contributed by atoms with E-state index < -0.39 is 10.0 Å². The summed E-state index contributed by atoms with van der Waals surface area (Å²) in [7, 11) is -2.05. The third-order valence-corrected chi connectivity index (χ3v) is 6.81. The number of rotatable bonds is 8. The summed E-state index contributed by atoms with van der Waals surface area (Å²) >= 11 is 0. The standard InChI is InChI=1S/C21H31N5O3S/c1-15-13-19(16(2)12-18(15)29-4)30(27,28)23-9-8-22-21-24-17(3)14-20(25-21)26-10-6-5-7-11-26/h12-14,23H,5-11H2,1-4H3,(H,22,24,25). The molecule has 8 nitrogen and oxygen atoms in total. The van der Waals surface area contributed by atoms with E-state index in [1.807, 2.05) is 19.9 Å². The third-order valence-electron chi connectivity index (χ3n) is 5.20. The minimum absolute atomic E-state index is 0.225. The van der Waals surface area contributed by atoms with Crippen LogP contribution in [0, 0.1) is 20.8 Å². The van der Waals surface area contributed by atoms with Crippen LogP contribution in [0.15, 0.2) is 23.1 Å². The van der Waals surface area contributed by atoms with E-state index in [1.54, 1.807) is 26.2 Å². The average Bonchev–Trinajstić information content (AvgIpc) is 2.72. The molecule has 30 heavy (non-hydrogen) atoms. The van der Waals surface area contributed by atoms with Crippen molar-refractivity contribution in [3.63, 3.8) is 0 Å². The Morgan fingerprint density at radius 1 is 1.00 bits per heavy atom. The Bertz CT molecular complexity index is 988. The highest BCUT2D eigenvalue weighted by molar-refractivity contribution is 7.89. The van der Waals surface area contributed by atoms with Crippen molar-refractivity contribution < 1.29 is 13.2 Å². The number of aryl methyl sites for hydroxylation is 3. The Balaban J connectivity index is 1.60. The fourth-order valence-corrected chi connectivity index (χ4v) is 4.97. The highest BCUT2D eigenvalue weighted by Gasteiger charge is 2.18. The molecule has 0 atom stereocenters. The molecule has 0 amide bonds. The van der Waals surface area contributed by atoms with E-state index in [4.69, 9.17) is 4.74 Å². The monoisotopic (exact) mass is 433 g/mol. The summed E-state index contributed by atoms with van der Waals surface area (Å²) in [6.07, 6.45) is 3.62. The molecule has 0 radical (unpaired) electrons. The lowest BCUT2D eigenvalue weighted by molar-refractivity contribution is 0.411. The quantitative estimate of drug-likeness (QED) is 0.618. The maximum Gasteiger partial charge on any atom is 0.240 e. The predicted molar refractivity (Wildman–Crippen MR) is 119 cm³/mol. The molecule has 1 saturated heterocycles. The van der Waals surface area contributed by atoms with Crippen LogP contribution in [-0.2, 0) is 10.0 Å². The van der Waals surface area contributed by atoms with Crippen LogP contribution in [0.3, 0.4) is 0 Å². The van der Waals surface area contributed by atoms with Crippen molar-refractivity contribution in [3.8, 4) is 5.75 Å². The minimum Gasteiger partial charge on any atom is -0.496 e. The molecule has 2 N–H and O–H groups in total. The minimum atomic E-state index is -3.62. The Hall–Kier alpha value is -2.39. The number of piperidine rings is 1. The molecule has 0 bridgehead atoms. The molecule has 2 aromatic rings. The first-order valence-corrected chi connectivity index (χ1v) is 11.8. The number of benzene rings is 1. The maximum atomic E-state index is 12.7. The van der Waals surface area contributed by atoms with Crippen molar-refractivity contribution in [2.24, 2.45) is 0 Å². The number of hydrogen-bond donors (Lipinski definition) is 2. The SMILES string of the molecule is COc1cc(C)c(S(=O)(=O)NCCNc2nc(C)cc(N3CCCCC3)n2)cc1C. The Kier molecular flexibility index (Phi) is 7.14. The predicted octanol–water partition coefficient (Wildman–Crippen LogP) is 2.79. The zero-order valence-electron chi connectivity index (χ0n) is 18.2. The van der Waals surface area contributed by atoms with E-state index >= 15 is 0 Å². The van der Waals surface area contributed by atoms with Gasteiger partial charge in [0.05, 0.1) is 12.0 Å². The molecular formula is C21H31N5O3S. The molecule has 0 saturated carbocycles. The van der Waals surface area contributed by atoms with Crippen LogP contribution < -0.4 is 19.7 Å². The van der Waals surface area contributed by atoms with Gasteiger partial charge in [-0.05, 0) is 63.3 Å². The van der Waals surface area contributed by atoms with Gasteiger partial charge in [-0.1, -0.05) is 0 Å². The van der Waals surface area contributed by atoms with Crippen molar-refractivity contribution in [3.05, 3.63) is 35.0 Å². The number of sulfonamides is 1. The summed E-state index contributed by atoms with van der Waals surface area (Å²) in [6, 6.07) is 5.37. The first-order valence-electron chi connectivity index (χ1n) is 10.3. The fourth-order valence-electron chi connectivity index (χ4n) is 3.63. The van der Waals surface area contributed by atoms with Gasteiger partial charge in [0.2, 0.25) is 16.0 Å². The summed E-state index contributed by atoms with van der Waals surface area (Å²) in [5, 5.41) is 3.14. The van der Waals surface area contributed by atoms with E-state index in [9.17, 15) is 8.42 Å². The normalized spacial score (nSPS) is 14.6. The van der Waals surface area contributed by atoms with Crippen molar-refractivity contribution in [1.29, 1.82) is 0 Å². The molecule has 164 valence electrons. The number of anilines is 2. The zero-order chi connectivity index (χ0) is 21.7. The molecule has 1 aliphatic rings. The molecule has 1 aliphatic heterocycles. The van der Waals surface area contributed by atoms with Gasteiger partial charge >= 0.3 is 0 Å². The van der Waals surface area contributed by atoms with Gasteiger partial charge in [-0.2, -0.15) is 4.98 Å². The van der Waals surface area contributed by atoms with E-state index in [2.05, 4.69) is 24.9 Å². The number of nitrogens with zero attached hydrogens (tertiary/aromatic N) is 3. The fraction of sp³-hybridized carbons (Fsp3) is 0.524. The van der Waals surface area contributed by atoms with Crippen molar-refractivity contribution in [2.45, 2.75) is 44.9 Å². The summed E-state index contributed by atoms with van der Waals surface area (Å²) in [5.41, 5.74) is 2.31. The summed E-state index contributed by atoms with van der Waals surface area (Å²) in [5.74, 6) is 2.12. The topological polar surface area (TPSA) is 96.5 Å². The van der Waals surface area contributed by atoms with E-state index in [0.717, 1.165) is 30.2 Å². The molecule has 3 rings (SSSR count). The lowest BCUT2D eigenvalue weighted by atomic mass is 10.1. The Morgan fingerprint density at radius 2 is 1.73 bits per heavy atom. The number of aromatic nitrogens is 2. The lowest BCUT2D eigenvalue weighted by Gasteiger charge is -2.28. The van der Waals surface area contributed by atoms with Gasteiger partial charge in [-0.15, -0.1) is 0 Å². The molecular weight excluding hydrogens is 402 g/mol. The molecule has 0 spiro atoms.